The van der Waals surface area contributed by atoms with Gasteiger partial charge in [-0.25, -0.2) is 0 Å². The number of rotatable bonds is 2. The molecule has 0 unspecified atom stereocenters. The minimum atomic E-state index is -0.833. The van der Waals surface area contributed by atoms with E-state index in [1.54, 1.807) is 0 Å². The normalized spacial score (nSPS) is 8.56. The molecule has 1 rings (SSSR count). The van der Waals surface area contributed by atoms with Crippen LogP contribution in [0.25, 0.3) is 0 Å². The Morgan fingerprint density at radius 2 is 1.12 bits per heavy atom. The van der Waals surface area contributed by atoms with Crippen LogP contribution in [0.2, 0.25) is 0 Å². The van der Waals surface area contributed by atoms with E-state index < -0.39 is 17.8 Å². The quantitative estimate of drug-likeness (QED) is 0.652. The van der Waals surface area contributed by atoms with E-state index >= 15 is 0 Å². The van der Waals surface area contributed by atoms with Crippen LogP contribution in [0.5, 0.6) is 0 Å². The maximum atomic E-state index is 10.6. The average molecular weight is 224 g/mol. The zero-order valence-corrected chi connectivity index (χ0v) is 8.64. The predicted molar refractivity (Wildman–Crippen MR) is 56.8 cm³/mol. The summed E-state index contributed by atoms with van der Waals surface area (Å²) in [7, 11) is 0. The second kappa shape index (κ2) is 6.18. The third-order valence-corrected chi connectivity index (χ3v) is 1.45. The molecule has 0 atom stereocenters. The van der Waals surface area contributed by atoms with Gasteiger partial charge in [0.2, 0.25) is 11.8 Å². The molecule has 0 fully saturated rings. The summed E-state index contributed by atoms with van der Waals surface area (Å²) in [5.41, 5.74) is 10.7. The highest BCUT2D eigenvalue weighted by Crippen LogP contribution is 2.02. The van der Waals surface area contributed by atoms with E-state index in [0.717, 1.165) is 6.92 Å². The number of carbonyl (C=O) groups is 3. The van der Waals surface area contributed by atoms with Crippen LogP contribution < -0.4 is 11.5 Å². The van der Waals surface area contributed by atoms with Gasteiger partial charge in [-0.1, -0.05) is 0 Å². The molecule has 0 saturated carbocycles. The van der Waals surface area contributed by atoms with Gasteiger partial charge in [-0.05, 0) is 24.3 Å². The summed E-state index contributed by atoms with van der Waals surface area (Å²) < 4.78 is 0. The van der Waals surface area contributed by atoms with Gasteiger partial charge < -0.3 is 16.6 Å². The third-order valence-electron chi connectivity index (χ3n) is 1.45. The fourth-order valence-electron chi connectivity index (χ4n) is 0.799. The molecule has 0 saturated heterocycles. The van der Waals surface area contributed by atoms with Crippen molar-refractivity contribution in [3.63, 3.8) is 0 Å². The molecule has 0 aliphatic carbocycles. The Bertz CT molecular complexity index is 361. The van der Waals surface area contributed by atoms with Crippen molar-refractivity contribution in [2.75, 3.05) is 0 Å². The summed E-state index contributed by atoms with van der Waals surface area (Å²) in [6.07, 6.45) is 0. The van der Waals surface area contributed by atoms with E-state index in [0.29, 0.717) is 11.1 Å². The van der Waals surface area contributed by atoms with E-state index in [1.165, 1.54) is 24.3 Å². The minimum Gasteiger partial charge on any atom is -0.481 e. The van der Waals surface area contributed by atoms with Crippen molar-refractivity contribution in [2.45, 2.75) is 6.92 Å². The number of amides is 2. The molecule has 0 radical (unpaired) electrons. The monoisotopic (exact) mass is 224 g/mol. The van der Waals surface area contributed by atoms with E-state index in [2.05, 4.69) is 0 Å². The third kappa shape index (κ3) is 5.38. The first-order valence-electron chi connectivity index (χ1n) is 4.23. The first-order valence-corrected chi connectivity index (χ1v) is 4.23. The summed E-state index contributed by atoms with van der Waals surface area (Å²) in [4.78, 5) is 30.2. The highest BCUT2D eigenvalue weighted by Gasteiger charge is 2.02. The zero-order valence-electron chi connectivity index (χ0n) is 8.64. The summed E-state index contributed by atoms with van der Waals surface area (Å²) in [6, 6.07) is 5.84. The van der Waals surface area contributed by atoms with Crippen LogP contribution in [0, 0.1) is 0 Å². The van der Waals surface area contributed by atoms with Gasteiger partial charge in [0.15, 0.2) is 0 Å². The van der Waals surface area contributed by atoms with Crippen molar-refractivity contribution in [1.29, 1.82) is 0 Å². The molecule has 0 aromatic heterocycles. The van der Waals surface area contributed by atoms with E-state index in [-0.39, 0.29) is 0 Å². The highest BCUT2D eigenvalue weighted by molar-refractivity contribution is 5.96. The molecule has 1 aromatic carbocycles. The first-order chi connectivity index (χ1) is 7.34. The van der Waals surface area contributed by atoms with Crippen LogP contribution in [0.4, 0.5) is 0 Å². The molecule has 5 N–H and O–H groups in total. The number of hydrogen-bond donors (Lipinski definition) is 3. The molecule has 6 heteroatoms. The van der Waals surface area contributed by atoms with E-state index in [9.17, 15) is 9.59 Å². The Morgan fingerprint density at radius 1 is 0.938 bits per heavy atom. The van der Waals surface area contributed by atoms with Crippen molar-refractivity contribution >= 4 is 17.8 Å². The summed E-state index contributed by atoms with van der Waals surface area (Å²) in [6.45, 7) is 1.08. The number of carboxylic acid groups (broad SMARTS) is 1. The van der Waals surface area contributed by atoms with Crippen LogP contribution in [0.3, 0.4) is 0 Å². The maximum Gasteiger partial charge on any atom is 0.300 e. The molecule has 2 amide bonds. The Hall–Kier alpha value is -2.37. The second-order valence-electron chi connectivity index (χ2n) is 2.82. The van der Waals surface area contributed by atoms with Crippen LogP contribution in [0.15, 0.2) is 24.3 Å². The lowest BCUT2D eigenvalue weighted by Gasteiger charge is -1.96. The highest BCUT2D eigenvalue weighted by atomic mass is 16.4. The van der Waals surface area contributed by atoms with Crippen LogP contribution >= 0.6 is 0 Å². The van der Waals surface area contributed by atoms with Gasteiger partial charge in [-0.2, -0.15) is 0 Å². The lowest BCUT2D eigenvalue weighted by Crippen LogP contribution is -2.13. The number of benzene rings is 1. The molecule has 16 heavy (non-hydrogen) atoms. The minimum absolute atomic E-state index is 0.361. The largest absolute Gasteiger partial charge is 0.481 e. The van der Waals surface area contributed by atoms with Gasteiger partial charge in [0, 0.05) is 18.1 Å². The van der Waals surface area contributed by atoms with E-state index in [4.69, 9.17) is 21.4 Å². The van der Waals surface area contributed by atoms with Crippen molar-refractivity contribution in [2.24, 2.45) is 11.5 Å². The first kappa shape index (κ1) is 13.6. The van der Waals surface area contributed by atoms with Gasteiger partial charge in [-0.3, -0.25) is 14.4 Å². The molecule has 0 aliphatic heterocycles. The standard InChI is InChI=1S/C8H8N2O2.C2H4O2/c9-7(11)5-1-2-6(4-3-5)8(10)12;1-2(3)4/h1-4H,(H2,9,11)(H2,10,12);1H3,(H,3,4). The molecule has 86 valence electrons. The van der Waals surface area contributed by atoms with E-state index in [1.807, 2.05) is 0 Å². The van der Waals surface area contributed by atoms with Gasteiger partial charge in [0.1, 0.15) is 0 Å². The van der Waals surface area contributed by atoms with Gasteiger partial charge >= 0.3 is 0 Å². The Labute approximate surface area is 91.9 Å². The summed E-state index contributed by atoms with van der Waals surface area (Å²) in [5.74, 6) is -1.88. The molecule has 1 aromatic rings. The van der Waals surface area contributed by atoms with Gasteiger partial charge in [0.05, 0.1) is 0 Å². The molecule has 0 heterocycles. The van der Waals surface area contributed by atoms with Gasteiger partial charge in [0.25, 0.3) is 5.97 Å². The molecule has 0 spiro atoms. The molecular weight excluding hydrogens is 212 g/mol. The van der Waals surface area contributed by atoms with Crippen LogP contribution in [-0.4, -0.2) is 22.9 Å². The summed E-state index contributed by atoms with van der Waals surface area (Å²) >= 11 is 0. The average Bonchev–Trinajstić information content (AvgIpc) is 2.17. The summed E-state index contributed by atoms with van der Waals surface area (Å²) in [5, 5.41) is 7.42. The number of nitrogens with two attached hydrogens (primary N) is 2. The number of carbonyl (C=O) groups excluding carboxylic acids is 2. The lowest BCUT2D eigenvalue weighted by atomic mass is 10.1. The molecular formula is C10H12N2O4. The smallest absolute Gasteiger partial charge is 0.300 e. The second-order valence-corrected chi connectivity index (χ2v) is 2.82. The fourth-order valence-corrected chi connectivity index (χ4v) is 0.799. The molecule has 0 aliphatic rings. The zero-order chi connectivity index (χ0) is 12.7. The number of primary amides is 2. The van der Waals surface area contributed by atoms with Crippen molar-refractivity contribution in [1.82, 2.24) is 0 Å². The molecule has 6 nitrogen and oxygen atoms in total. The number of aliphatic carboxylic acids is 1. The van der Waals surface area contributed by atoms with Crippen molar-refractivity contribution < 1.29 is 19.5 Å². The van der Waals surface area contributed by atoms with Crippen molar-refractivity contribution in [3.05, 3.63) is 35.4 Å². The lowest BCUT2D eigenvalue weighted by molar-refractivity contribution is -0.134. The Balaban J connectivity index is 0.000000487. The van der Waals surface area contributed by atoms with Crippen molar-refractivity contribution in [3.8, 4) is 0 Å². The Kier molecular flexibility index (Phi) is 5.26. The Morgan fingerprint density at radius 3 is 1.25 bits per heavy atom. The number of hydrogen-bond acceptors (Lipinski definition) is 3. The SMILES string of the molecule is CC(=O)O.NC(=O)c1ccc(C(N)=O)cc1. The topological polar surface area (TPSA) is 123 Å². The van der Waals surface area contributed by atoms with Crippen LogP contribution in [0.1, 0.15) is 27.6 Å². The van der Waals surface area contributed by atoms with Crippen LogP contribution in [-0.2, 0) is 4.79 Å². The predicted octanol–water partition coefficient (Wildman–Crippen LogP) is -0.0247. The fraction of sp³-hybridized carbons (Fsp3) is 0.100. The van der Waals surface area contributed by atoms with Gasteiger partial charge in [-0.15, -0.1) is 0 Å². The maximum absolute atomic E-state index is 10.6. The molecule has 0 bridgehead atoms. The number of carboxylic acids is 1.